The zero-order chi connectivity index (χ0) is 19.7. The van der Waals surface area contributed by atoms with Gasteiger partial charge in [-0.3, -0.25) is 0 Å². The molecule has 28 heavy (non-hydrogen) atoms. The second-order valence-electron chi connectivity index (χ2n) is 7.50. The van der Waals surface area contributed by atoms with E-state index in [0.717, 1.165) is 35.0 Å². The number of benzene rings is 1. The van der Waals surface area contributed by atoms with E-state index >= 15 is 0 Å². The third-order valence-corrected chi connectivity index (χ3v) is 7.01. The fourth-order valence-corrected chi connectivity index (χ4v) is 5.05. The molecule has 0 radical (unpaired) electrons. The average molecular weight is 459 g/mol. The molecule has 2 aromatic heterocycles. The molecule has 146 valence electrons. The minimum Gasteiger partial charge on any atom is -0.507 e. The predicted molar refractivity (Wildman–Crippen MR) is 116 cm³/mol. The summed E-state index contributed by atoms with van der Waals surface area (Å²) in [6.45, 7) is 2.08. The van der Waals surface area contributed by atoms with Gasteiger partial charge in [0.15, 0.2) is 0 Å². The summed E-state index contributed by atoms with van der Waals surface area (Å²) >= 11 is 5.09. The highest BCUT2D eigenvalue weighted by atomic mass is 79.9. The second kappa shape index (κ2) is 8.26. The average Bonchev–Trinajstić information content (AvgIpc) is 3.37. The minimum absolute atomic E-state index is 0.0509. The van der Waals surface area contributed by atoms with E-state index in [1.807, 2.05) is 29.6 Å². The Bertz CT molecular complexity index is 988. The molecule has 0 aliphatic heterocycles. The fourth-order valence-electron chi connectivity index (χ4n) is 3.86. The first kappa shape index (κ1) is 19.5. The molecule has 1 saturated carbocycles. The number of halogens is 1. The highest BCUT2D eigenvalue weighted by Crippen LogP contribution is 2.49. The van der Waals surface area contributed by atoms with Gasteiger partial charge in [-0.15, -0.1) is 11.3 Å². The summed E-state index contributed by atoms with van der Waals surface area (Å²) in [6.07, 6.45) is 3.77. The molecule has 0 spiro atoms. The number of hydrogen-bond donors (Lipinski definition) is 1. The zero-order valence-corrected chi connectivity index (χ0v) is 18.1. The molecule has 1 aromatic carbocycles. The lowest BCUT2D eigenvalue weighted by atomic mass is 9.90. The third kappa shape index (κ3) is 4.11. The van der Waals surface area contributed by atoms with Crippen molar-refractivity contribution in [3.05, 3.63) is 84.5 Å². The molecule has 1 N–H and O–H groups in total. The SMILES string of the molecule is CCC(Cc1ccc(Br)cc1)c1cc(O)c(C(c2cccs2)C2CC2)c(=O)o1. The van der Waals surface area contributed by atoms with Crippen LogP contribution in [0.25, 0.3) is 0 Å². The first-order chi connectivity index (χ1) is 13.6. The van der Waals surface area contributed by atoms with Crippen LogP contribution in [0.3, 0.4) is 0 Å². The molecule has 0 saturated heterocycles. The Kier molecular flexibility index (Phi) is 5.74. The van der Waals surface area contributed by atoms with E-state index in [1.165, 1.54) is 5.56 Å². The maximum absolute atomic E-state index is 12.9. The monoisotopic (exact) mass is 458 g/mol. The summed E-state index contributed by atoms with van der Waals surface area (Å²) in [5, 5.41) is 12.8. The molecule has 1 aliphatic carbocycles. The van der Waals surface area contributed by atoms with Gasteiger partial charge in [-0.05, 0) is 60.7 Å². The Hall–Kier alpha value is -1.85. The number of rotatable bonds is 7. The topological polar surface area (TPSA) is 50.4 Å². The van der Waals surface area contributed by atoms with Crippen molar-refractivity contribution in [2.45, 2.75) is 44.4 Å². The largest absolute Gasteiger partial charge is 0.507 e. The van der Waals surface area contributed by atoms with E-state index in [9.17, 15) is 9.90 Å². The molecule has 1 fully saturated rings. The summed E-state index contributed by atoms with van der Waals surface area (Å²) in [4.78, 5) is 14.0. The van der Waals surface area contributed by atoms with Crippen LogP contribution < -0.4 is 5.63 Å². The molecule has 0 amide bonds. The molecular weight excluding hydrogens is 436 g/mol. The van der Waals surface area contributed by atoms with Crippen molar-refractivity contribution in [3.63, 3.8) is 0 Å². The normalized spacial score (nSPS) is 16.1. The van der Waals surface area contributed by atoms with Crippen molar-refractivity contribution >= 4 is 27.3 Å². The summed E-state index contributed by atoms with van der Waals surface area (Å²) in [6, 6.07) is 13.9. The molecular formula is C23H23BrO3S. The van der Waals surface area contributed by atoms with Crippen LogP contribution in [0, 0.1) is 5.92 Å². The van der Waals surface area contributed by atoms with Gasteiger partial charge in [0.05, 0.1) is 5.56 Å². The molecule has 5 heteroatoms. The molecule has 2 heterocycles. The Morgan fingerprint density at radius 2 is 2.00 bits per heavy atom. The van der Waals surface area contributed by atoms with Gasteiger partial charge >= 0.3 is 5.63 Å². The standard InChI is InChI=1S/C23H23BrO3S/c1-2-15(12-14-5-9-17(24)10-6-14)19-13-18(25)22(23(26)27-19)21(16-7-8-16)20-4-3-11-28-20/h3-6,9-11,13,15-16,21,25H,2,7-8,12H2,1H3. The van der Waals surface area contributed by atoms with Gasteiger partial charge < -0.3 is 9.52 Å². The van der Waals surface area contributed by atoms with Crippen molar-refractivity contribution < 1.29 is 9.52 Å². The summed E-state index contributed by atoms with van der Waals surface area (Å²) in [7, 11) is 0. The van der Waals surface area contributed by atoms with E-state index < -0.39 is 5.63 Å². The summed E-state index contributed by atoms with van der Waals surface area (Å²) in [5.41, 5.74) is 1.21. The van der Waals surface area contributed by atoms with E-state index in [0.29, 0.717) is 17.2 Å². The van der Waals surface area contributed by atoms with Crippen molar-refractivity contribution in [1.29, 1.82) is 0 Å². The molecule has 1 aliphatic rings. The summed E-state index contributed by atoms with van der Waals surface area (Å²) in [5.74, 6) is 1.05. The van der Waals surface area contributed by atoms with Crippen LogP contribution in [0.1, 0.15) is 59.8 Å². The number of thiophene rings is 1. The predicted octanol–water partition coefficient (Wildman–Crippen LogP) is 6.45. The zero-order valence-electron chi connectivity index (χ0n) is 15.7. The lowest BCUT2D eigenvalue weighted by molar-refractivity contribution is 0.380. The van der Waals surface area contributed by atoms with Crippen molar-refractivity contribution in [2.75, 3.05) is 0 Å². The van der Waals surface area contributed by atoms with Gasteiger partial charge in [0.2, 0.25) is 0 Å². The van der Waals surface area contributed by atoms with Crippen molar-refractivity contribution in [1.82, 2.24) is 0 Å². The smallest absolute Gasteiger partial charge is 0.343 e. The van der Waals surface area contributed by atoms with E-state index in [2.05, 4.69) is 35.0 Å². The van der Waals surface area contributed by atoms with Gasteiger partial charge in [-0.1, -0.05) is 41.1 Å². The Morgan fingerprint density at radius 3 is 2.57 bits per heavy atom. The van der Waals surface area contributed by atoms with Gasteiger partial charge in [0, 0.05) is 27.3 Å². The quantitative estimate of drug-likeness (QED) is 0.442. The van der Waals surface area contributed by atoms with Crippen LogP contribution in [0.2, 0.25) is 0 Å². The molecule has 3 nitrogen and oxygen atoms in total. The first-order valence-electron chi connectivity index (χ1n) is 9.71. The molecule has 4 rings (SSSR count). The number of aromatic hydroxyl groups is 1. The molecule has 2 atom stereocenters. The molecule has 2 unspecified atom stereocenters. The fraction of sp³-hybridized carbons (Fsp3) is 0.348. The first-order valence-corrected chi connectivity index (χ1v) is 11.4. The second-order valence-corrected chi connectivity index (χ2v) is 9.40. The van der Waals surface area contributed by atoms with Gasteiger partial charge in [0.1, 0.15) is 11.5 Å². The van der Waals surface area contributed by atoms with Gasteiger partial charge in [-0.2, -0.15) is 0 Å². The highest BCUT2D eigenvalue weighted by Gasteiger charge is 2.38. The van der Waals surface area contributed by atoms with Crippen molar-refractivity contribution in [3.8, 4) is 5.75 Å². The van der Waals surface area contributed by atoms with E-state index in [1.54, 1.807) is 17.4 Å². The van der Waals surface area contributed by atoms with Crippen LogP contribution in [0.5, 0.6) is 5.75 Å². The van der Waals surface area contributed by atoms with Gasteiger partial charge in [0.25, 0.3) is 0 Å². The highest BCUT2D eigenvalue weighted by molar-refractivity contribution is 9.10. The van der Waals surface area contributed by atoms with Crippen LogP contribution >= 0.6 is 27.3 Å². The molecule has 3 aromatic rings. The third-order valence-electron chi connectivity index (χ3n) is 5.53. The number of hydrogen-bond acceptors (Lipinski definition) is 4. The maximum atomic E-state index is 12.9. The van der Waals surface area contributed by atoms with Crippen LogP contribution in [-0.2, 0) is 6.42 Å². The van der Waals surface area contributed by atoms with Crippen LogP contribution in [0.4, 0.5) is 0 Å². The van der Waals surface area contributed by atoms with Gasteiger partial charge in [-0.25, -0.2) is 4.79 Å². The minimum atomic E-state index is -0.394. The van der Waals surface area contributed by atoms with Crippen LogP contribution in [-0.4, -0.2) is 5.11 Å². The lowest BCUT2D eigenvalue weighted by Gasteiger charge is -2.18. The lowest BCUT2D eigenvalue weighted by Crippen LogP contribution is -2.17. The van der Waals surface area contributed by atoms with E-state index in [-0.39, 0.29) is 17.6 Å². The maximum Gasteiger partial charge on any atom is 0.343 e. The summed E-state index contributed by atoms with van der Waals surface area (Å²) < 4.78 is 6.81. The Labute approximate surface area is 177 Å². The van der Waals surface area contributed by atoms with E-state index in [4.69, 9.17) is 4.42 Å². The Morgan fingerprint density at radius 1 is 1.25 bits per heavy atom. The molecule has 0 bridgehead atoms. The van der Waals surface area contributed by atoms with Crippen LogP contribution in [0.15, 0.2) is 61.5 Å². The van der Waals surface area contributed by atoms with Crippen molar-refractivity contribution in [2.24, 2.45) is 5.92 Å². The Balaban J connectivity index is 1.66.